The Kier molecular flexibility index (Phi) is 5.87. The summed E-state index contributed by atoms with van der Waals surface area (Å²) in [5.74, 6) is 1.44. The molecule has 1 aliphatic carbocycles. The topological polar surface area (TPSA) is 70.2 Å². The lowest BCUT2D eigenvalue weighted by atomic mass is 9.71. The van der Waals surface area contributed by atoms with Crippen LogP contribution in [0.2, 0.25) is 0 Å². The molecule has 0 aromatic carbocycles. The number of likely N-dealkylation sites (tertiary alicyclic amines) is 1. The molecule has 29 heavy (non-hydrogen) atoms. The fourth-order valence-corrected chi connectivity index (χ4v) is 6.27. The first-order chi connectivity index (χ1) is 13.9. The molecule has 4 aliphatic rings. The first-order valence-electron chi connectivity index (χ1n) is 11.3. The van der Waals surface area contributed by atoms with Crippen LogP contribution in [0.15, 0.2) is 0 Å². The van der Waals surface area contributed by atoms with Crippen LogP contribution in [0.3, 0.4) is 0 Å². The number of carbonyl (C=O) groups excluding carboxylic acids is 3. The van der Waals surface area contributed by atoms with Gasteiger partial charge >= 0.3 is 0 Å². The molecule has 162 valence electrons. The Bertz CT molecular complexity index is 662. The van der Waals surface area contributed by atoms with Gasteiger partial charge in [0.25, 0.3) is 5.91 Å². The molecule has 6 atom stereocenters. The summed E-state index contributed by atoms with van der Waals surface area (Å²) in [6.07, 6.45) is 5.92. The smallest absolute Gasteiger partial charge is 0.252 e. The Morgan fingerprint density at radius 2 is 1.83 bits per heavy atom. The number of rotatable bonds is 2. The third-order valence-electron chi connectivity index (χ3n) is 7.70. The average Bonchev–Trinajstić information content (AvgIpc) is 3.23. The van der Waals surface area contributed by atoms with E-state index < -0.39 is 0 Å². The Morgan fingerprint density at radius 1 is 1.03 bits per heavy atom. The van der Waals surface area contributed by atoms with Crippen molar-refractivity contribution in [3.63, 3.8) is 0 Å². The second-order valence-corrected chi connectivity index (χ2v) is 9.55. The van der Waals surface area contributed by atoms with Gasteiger partial charge in [-0.25, -0.2) is 0 Å². The Morgan fingerprint density at radius 3 is 2.48 bits per heavy atom. The summed E-state index contributed by atoms with van der Waals surface area (Å²) in [5, 5.41) is 0. The van der Waals surface area contributed by atoms with Gasteiger partial charge in [0.05, 0.1) is 12.1 Å². The molecule has 7 nitrogen and oxygen atoms in total. The summed E-state index contributed by atoms with van der Waals surface area (Å²) in [4.78, 5) is 43.6. The van der Waals surface area contributed by atoms with Crippen molar-refractivity contribution < 1.29 is 19.1 Å². The monoisotopic (exact) mass is 405 g/mol. The molecule has 0 N–H and O–H groups in total. The van der Waals surface area contributed by atoms with Crippen molar-refractivity contribution in [3.05, 3.63) is 0 Å². The molecular weight excluding hydrogens is 370 g/mol. The van der Waals surface area contributed by atoms with E-state index in [9.17, 15) is 14.4 Å². The Hall–Kier alpha value is -1.63. The molecule has 1 saturated carbocycles. The predicted molar refractivity (Wildman–Crippen MR) is 108 cm³/mol. The van der Waals surface area contributed by atoms with Gasteiger partial charge in [-0.15, -0.1) is 0 Å². The van der Waals surface area contributed by atoms with E-state index in [-0.39, 0.29) is 42.0 Å². The zero-order valence-electron chi connectivity index (χ0n) is 18.0. The molecule has 4 rings (SSSR count). The van der Waals surface area contributed by atoms with Gasteiger partial charge in [0.15, 0.2) is 0 Å². The largest absolute Gasteiger partial charge is 0.368 e. The number of piperidine rings is 1. The highest BCUT2D eigenvalue weighted by Crippen LogP contribution is 2.41. The molecule has 3 heterocycles. The fourth-order valence-electron chi connectivity index (χ4n) is 6.27. The van der Waals surface area contributed by atoms with Gasteiger partial charge in [0.1, 0.15) is 6.10 Å². The highest BCUT2D eigenvalue weighted by molar-refractivity contribution is 5.82. The van der Waals surface area contributed by atoms with Crippen LogP contribution in [0.25, 0.3) is 0 Å². The number of amides is 3. The van der Waals surface area contributed by atoms with Gasteiger partial charge in [0, 0.05) is 46.1 Å². The van der Waals surface area contributed by atoms with Gasteiger partial charge in [-0.3, -0.25) is 14.4 Å². The molecule has 5 unspecified atom stereocenters. The first-order valence-corrected chi connectivity index (χ1v) is 11.3. The molecular formula is C22H35N3O4. The quantitative estimate of drug-likeness (QED) is 0.701. The van der Waals surface area contributed by atoms with E-state index in [1.807, 2.05) is 16.8 Å². The summed E-state index contributed by atoms with van der Waals surface area (Å²) in [6.45, 7) is 5.78. The van der Waals surface area contributed by atoms with E-state index in [0.717, 1.165) is 45.1 Å². The third-order valence-corrected chi connectivity index (χ3v) is 7.70. The lowest BCUT2D eigenvalue weighted by Crippen LogP contribution is -2.68. The van der Waals surface area contributed by atoms with Crippen molar-refractivity contribution in [1.29, 1.82) is 0 Å². The van der Waals surface area contributed by atoms with E-state index in [1.54, 1.807) is 6.92 Å². The number of hydrogen-bond donors (Lipinski definition) is 0. The minimum Gasteiger partial charge on any atom is -0.368 e. The zero-order valence-corrected chi connectivity index (χ0v) is 18.0. The number of piperazine rings is 1. The maximum absolute atomic E-state index is 13.3. The molecule has 4 fully saturated rings. The van der Waals surface area contributed by atoms with Gasteiger partial charge < -0.3 is 19.4 Å². The first kappa shape index (κ1) is 20.6. The van der Waals surface area contributed by atoms with Crippen LogP contribution >= 0.6 is 0 Å². The van der Waals surface area contributed by atoms with Crippen LogP contribution in [-0.4, -0.2) is 83.4 Å². The number of fused-ring (bicyclic) bond motifs is 1. The average molecular weight is 406 g/mol. The highest BCUT2D eigenvalue weighted by atomic mass is 16.5. The summed E-state index contributed by atoms with van der Waals surface area (Å²) < 4.78 is 5.71. The molecule has 3 aliphatic heterocycles. The normalized spacial score (nSPS) is 38.2. The molecule has 3 amide bonds. The molecule has 0 aromatic rings. The van der Waals surface area contributed by atoms with Gasteiger partial charge in [-0.1, -0.05) is 0 Å². The van der Waals surface area contributed by atoms with Crippen LogP contribution in [0, 0.1) is 11.8 Å². The van der Waals surface area contributed by atoms with Crippen molar-refractivity contribution in [2.24, 2.45) is 11.8 Å². The van der Waals surface area contributed by atoms with Crippen LogP contribution in [0.1, 0.15) is 58.8 Å². The number of carbonyl (C=O) groups is 3. The summed E-state index contributed by atoms with van der Waals surface area (Å²) >= 11 is 0. The lowest BCUT2D eigenvalue weighted by molar-refractivity contribution is -0.160. The Labute approximate surface area is 173 Å². The van der Waals surface area contributed by atoms with Crippen molar-refractivity contribution in [3.8, 4) is 0 Å². The lowest BCUT2D eigenvalue weighted by Gasteiger charge is -2.55. The predicted octanol–water partition coefficient (Wildman–Crippen LogP) is 1.65. The maximum atomic E-state index is 13.3. The summed E-state index contributed by atoms with van der Waals surface area (Å²) in [6, 6.07) is 0.198. The van der Waals surface area contributed by atoms with Crippen molar-refractivity contribution in [2.45, 2.75) is 83.0 Å². The van der Waals surface area contributed by atoms with E-state index in [1.165, 1.54) is 0 Å². The summed E-state index contributed by atoms with van der Waals surface area (Å²) in [7, 11) is 1.90. The molecule has 0 bridgehead atoms. The number of hydrogen-bond acceptors (Lipinski definition) is 4. The number of nitrogens with zero attached hydrogens (tertiary/aromatic N) is 3. The van der Waals surface area contributed by atoms with Gasteiger partial charge in [-0.05, 0) is 57.3 Å². The van der Waals surface area contributed by atoms with E-state index in [2.05, 4.69) is 11.8 Å². The Balaban J connectivity index is 1.54. The second-order valence-electron chi connectivity index (χ2n) is 9.55. The number of ether oxygens (including phenoxy) is 1. The van der Waals surface area contributed by atoms with Crippen LogP contribution in [0.5, 0.6) is 0 Å². The SMILES string of the molecule is CC(=O)N1C2CCC(C3CCC(=O)N(C)C3)CC2N(C(=O)C2CCCO2)C[C@@H]1C. The molecule has 0 spiro atoms. The van der Waals surface area contributed by atoms with E-state index in [4.69, 9.17) is 4.74 Å². The van der Waals surface area contributed by atoms with Gasteiger partial charge in [-0.2, -0.15) is 0 Å². The van der Waals surface area contributed by atoms with Crippen LogP contribution < -0.4 is 0 Å². The molecule has 0 aromatic heterocycles. The van der Waals surface area contributed by atoms with E-state index in [0.29, 0.717) is 31.4 Å². The van der Waals surface area contributed by atoms with Crippen molar-refractivity contribution in [1.82, 2.24) is 14.7 Å². The van der Waals surface area contributed by atoms with Crippen LogP contribution in [0.4, 0.5) is 0 Å². The standard InChI is InChI=1S/C22H35N3O4/c1-14-12-24(22(28)20-5-4-10-29-20)19-11-16(6-8-18(19)25(14)15(2)26)17-7-9-21(27)23(3)13-17/h14,16-20H,4-13H2,1-3H3/t14-,16?,17?,18?,19?,20?/m0/s1. The fraction of sp³-hybridized carbons (Fsp3) is 0.864. The van der Waals surface area contributed by atoms with Gasteiger partial charge in [0.2, 0.25) is 11.8 Å². The minimum atomic E-state index is -0.314. The third kappa shape index (κ3) is 3.90. The summed E-state index contributed by atoms with van der Waals surface area (Å²) in [5.41, 5.74) is 0. The zero-order chi connectivity index (χ0) is 20.7. The molecule has 7 heteroatoms. The minimum absolute atomic E-state index is 0.0362. The second kappa shape index (κ2) is 8.25. The highest BCUT2D eigenvalue weighted by Gasteiger charge is 2.48. The van der Waals surface area contributed by atoms with Crippen molar-refractivity contribution >= 4 is 17.7 Å². The molecule has 0 radical (unpaired) electrons. The molecule has 3 saturated heterocycles. The van der Waals surface area contributed by atoms with E-state index >= 15 is 0 Å². The maximum Gasteiger partial charge on any atom is 0.252 e. The van der Waals surface area contributed by atoms with Crippen LogP contribution in [-0.2, 0) is 19.1 Å². The van der Waals surface area contributed by atoms with Crippen molar-refractivity contribution in [2.75, 3.05) is 26.7 Å².